The van der Waals surface area contributed by atoms with Crippen molar-refractivity contribution in [2.24, 2.45) is 0 Å². The van der Waals surface area contributed by atoms with Gasteiger partial charge in [-0.2, -0.15) is 5.26 Å². The third-order valence-electron chi connectivity index (χ3n) is 3.28. The number of ether oxygens (including phenoxy) is 1. The minimum absolute atomic E-state index is 0.110. The first-order chi connectivity index (χ1) is 11.6. The zero-order valence-corrected chi connectivity index (χ0v) is 13.9. The van der Waals surface area contributed by atoms with Crippen LogP contribution in [0.5, 0.6) is 0 Å². The molecule has 6 nitrogen and oxygen atoms in total. The lowest BCUT2D eigenvalue weighted by Crippen LogP contribution is -2.16. The summed E-state index contributed by atoms with van der Waals surface area (Å²) in [5.74, 6) is -0.544. The van der Waals surface area contributed by atoms with E-state index in [0.717, 1.165) is 4.47 Å². The quantitative estimate of drug-likeness (QED) is 0.649. The van der Waals surface area contributed by atoms with E-state index < -0.39 is 5.97 Å². The standard InChI is InChI=1S/C17H10BrN3O3/c18-13-5-6-15-20-14(7-16(22)21(15)9-13)10-24-17(23)12-3-1-11(8-19)2-4-12/h1-7,9H,10H2. The van der Waals surface area contributed by atoms with Crippen LogP contribution in [-0.4, -0.2) is 15.4 Å². The number of pyridine rings is 1. The van der Waals surface area contributed by atoms with Crippen molar-refractivity contribution < 1.29 is 9.53 Å². The van der Waals surface area contributed by atoms with Gasteiger partial charge >= 0.3 is 5.97 Å². The van der Waals surface area contributed by atoms with Crippen LogP contribution in [0.15, 0.2) is 57.9 Å². The summed E-state index contributed by atoms with van der Waals surface area (Å²) >= 11 is 3.29. The highest BCUT2D eigenvalue weighted by Crippen LogP contribution is 2.10. The number of fused-ring (bicyclic) bond motifs is 1. The summed E-state index contributed by atoms with van der Waals surface area (Å²) in [5, 5.41) is 8.74. The lowest BCUT2D eigenvalue weighted by Gasteiger charge is -2.06. The lowest BCUT2D eigenvalue weighted by molar-refractivity contribution is 0.0467. The number of hydrogen-bond donors (Lipinski definition) is 0. The van der Waals surface area contributed by atoms with Crippen molar-refractivity contribution in [1.29, 1.82) is 5.26 Å². The third kappa shape index (κ3) is 3.34. The molecule has 118 valence electrons. The topological polar surface area (TPSA) is 84.5 Å². The van der Waals surface area contributed by atoms with Gasteiger partial charge in [-0.15, -0.1) is 0 Å². The van der Waals surface area contributed by atoms with Gasteiger partial charge in [0.15, 0.2) is 0 Å². The Kier molecular flexibility index (Phi) is 4.40. The van der Waals surface area contributed by atoms with Crippen LogP contribution in [0.3, 0.4) is 0 Å². The molecule has 0 aliphatic carbocycles. The average molecular weight is 384 g/mol. The van der Waals surface area contributed by atoms with E-state index in [9.17, 15) is 9.59 Å². The molecular weight excluding hydrogens is 374 g/mol. The summed E-state index contributed by atoms with van der Waals surface area (Å²) in [7, 11) is 0. The van der Waals surface area contributed by atoms with Crippen molar-refractivity contribution in [2.45, 2.75) is 6.61 Å². The molecule has 3 aromatic rings. The normalized spacial score (nSPS) is 10.3. The Labute approximate surface area is 145 Å². The van der Waals surface area contributed by atoms with Crippen molar-refractivity contribution in [3.63, 3.8) is 0 Å². The molecule has 1 aromatic carbocycles. The Bertz CT molecular complexity index is 1020. The molecule has 2 heterocycles. The Morgan fingerprint density at radius 2 is 2.00 bits per heavy atom. The molecule has 0 spiro atoms. The van der Waals surface area contributed by atoms with Gasteiger partial charge in [-0.3, -0.25) is 9.20 Å². The molecule has 0 atom stereocenters. The van der Waals surface area contributed by atoms with E-state index in [1.165, 1.54) is 34.7 Å². The number of esters is 1. The number of nitriles is 1. The number of benzene rings is 1. The highest BCUT2D eigenvalue weighted by molar-refractivity contribution is 9.10. The summed E-state index contributed by atoms with van der Waals surface area (Å²) in [6.45, 7) is -0.110. The van der Waals surface area contributed by atoms with Crippen molar-refractivity contribution in [3.8, 4) is 6.07 Å². The van der Waals surface area contributed by atoms with Crippen LogP contribution < -0.4 is 5.56 Å². The van der Waals surface area contributed by atoms with Gasteiger partial charge in [0.05, 0.1) is 22.9 Å². The summed E-state index contributed by atoms with van der Waals surface area (Å²) in [6.07, 6.45) is 1.62. The van der Waals surface area contributed by atoms with E-state index in [2.05, 4.69) is 20.9 Å². The van der Waals surface area contributed by atoms with Gasteiger partial charge in [-0.1, -0.05) is 0 Å². The second kappa shape index (κ2) is 6.64. The van der Waals surface area contributed by atoms with Crippen LogP contribution in [0.1, 0.15) is 21.6 Å². The molecule has 3 rings (SSSR count). The fraction of sp³-hybridized carbons (Fsp3) is 0.0588. The van der Waals surface area contributed by atoms with Crippen molar-refractivity contribution in [2.75, 3.05) is 0 Å². The molecule has 0 fully saturated rings. The number of aromatic nitrogens is 2. The second-order valence-corrected chi connectivity index (χ2v) is 5.84. The van der Waals surface area contributed by atoms with E-state index in [-0.39, 0.29) is 12.2 Å². The van der Waals surface area contributed by atoms with Gasteiger partial charge in [0, 0.05) is 16.7 Å². The van der Waals surface area contributed by atoms with E-state index in [0.29, 0.717) is 22.5 Å². The number of carbonyl (C=O) groups excluding carboxylic acids is 1. The zero-order valence-electron chi connectivity index (χ0n) is 12.3. The summed E-state index contributed by atoms with van der Waals surface area (Å²) in [5.41, 5.74) is 1.36. The summed E-state index contributed by atoms with van der Waals surface area (Å²) in [4.78, 5) is 28.3. The minimum atomic E-state index is -0.544. The summed E-state index contributed by atoms with van der Waals surface area (Å²) in [6, 6.07) is 12.9. The maximum Gasteiger partial charge on any atom is 0.338 e. The van der Waals surface area contributed by atoms with E-state index in [1.807, 2.05) is 6.07 Å². The molecule has 0 N–H and O–H groups in total. The van der Waals surface area contributed by atoms with Gasteiger partial charge in [0.2, 0.25) is 0 Å². The Balaban J connectivity index is 1.77. The largest absolute Gasteiger partial charge is 0.456 e. The molecule has 0 saturated carbocycles. The zero-order chi connectivity index (χ0) is 17.1. The fourth-order valence-corrected chi connectivity index (χ4v) is 2.44. The predicted molar refractivity (Wildman–Crippen MR) is 89.4 cm³/mol. The van der Waals surface area contributed by atoms with Gasteiger partial charge in [-0.25, -0.2) is 9.78 Å². The molecule has 0 radical (unpaired) electrons. The van der Waals surface area contributed by atoms with Crippen LogP contribution in [0.4, 0.5) is 0 Å². The molecule has 0 bridgehead atoms. The molecule has 24 heavy (non-hydrogen) atoms. The van der Waals surface area contributed by atoms with E-state index in [4.69, 9.17) is 10.00 Å². The van der Waals surface area contributed by atoms with Crippen molar-refractivity contribution in [1.82, 2.24) is 9.38 Å². The smallest absolute Gasteiger partial charge is 0.338 e. The van der Waals surface area contributed by atoms with Gasteiger partial charge in [-0.05, 0) is 52.3 Å². The molecule has 0 aliphatic heterocycles. The van der Waals surface area contributed by atoms with Crippen LogP contribution in [-0.2, 0) is 11.3 Å². The average Bonchev–Trinajstić information content (AvgIpc) is 2.60. The molecule has 0 amide bonds. The van der Waals surface area contributed by atoms with Crippen molar-refractivity contribution in [3.05, 3.63) is 80.3 Å². The molecular formula is C17H10BrN3O3. The number of rotatable bonds is 3. The SMILES string of the molecule is N#Cc1ccc(C(=O)OCc2cc(=O)n3cc(Br)ccc3n2)cc1. The Morgan fingerprint density at radius 1 is 1.25 bits per heavy atom. The molecule has 0 unspecified atom stereocenters. The van der Waals surface area contributed by atoms with Crippen molar-refractivity contribution >= 4 is 27.5 Å². The molecule has 7 heteroatoms. The third-order valence-corrected chi connectivity index (χ3v) is 3.75. The molecule has 0 saturated heterocycles. The predicted octanol–water partition coefficient (Wildman–Crippen LogP) is 2.69. The first-order valence-electron chi connectivity index (χ1n) is 6.92. The maximum atomic E-state index is 12.1. The first-order valence-corrected chi connectivity index (χ1v) is 7.71. The Hall–Kier alpha value is -2.98. The fourth-order valence-electron chi connectivity index (χ4n) is 2.10. The first kappa shape index (κ1) is 15.9. The van der Waals surface area contributed by atoms with Crippen LogP contribution in [0, 0.1) is 11.3 Å². The second-order valence-electron chi connectivity index (χ2n) is 4.93. The Morgan fingerprint density at radius 3 is 2.71 bits per heavy atom. The number of nitrogens with zero attached hydrogens (tertiary/aromatic N) is 3. The van der Waals surface area contributed by atoms with Gasteiger partial charge < -0.3 is 4.74 Å². The number of halogens is 1. The van der Waals surface area contributed by atoms with Crippen LogP contribution in [0.2, 0.25) is 0 Å². The number of hydrogen-bond acceptors (Lipinski definition) is 5. The van der Waals surface area contributed by atoms with Gasteiger partial charge in [0.25, 0.3) is 5.56 Å². The molecule has 0 aliphatic rings. The highest BCUT2D eigenvalue weighted by atomic mass is 79.9. The maximum absolute atomic E-state index is 12.1. The van der Waals surface area contributed by atoms with Gasteiger partial charge in [0.1, 0.15) is 12.3 Å². The highest BCUT2D eigenvalue weighted by Gasteiger charge is 2.09. The lowest BCUT2D eigenvalue weighted by atomic mass is 10.1. The van der Waals surface area contributed by atoms with E-state index in [1.54, 1.807) is 18.3 Å². The van der Waals surface area contributed by atoms with E-state index >= 15 is 0 Å². The van der Waals surface area contributed by atoms with Crippen LogP contribution in [0.25, 0.3) is 5.65 Å². The molecule has 2 aromatic heterocycles. The monoisotopic (exact) mass is 383 g/mol. The summed E-state index contributed by atoms with van der Waals surface area (Å²) < 4.78 is 7.34. The number of carbonyl (C=O) groups is 1. The van der Waals surface area contributed by atoms with Crippen LogP contribution >= 0.6 is 15.9 Å². The minimum Gasteiger partial charge on any atom is -0.456 e.